The zero-order valence-electron chi connectivity index (χ0n) is 12.5. The van der Waals surface area contributed by atoms with Crippen molar-refractivity contribution in [2.75, 3.05) is 13.1 Å². The van der Waals surface area contributed by atoms with Gasteiger partial charge in [-0.2, -0.15) is 0 Å². The molecule has 1 saturated heterocycles. The summed E-state index contributed by atoms with van der Waals surface area (Å²) in [5.41, 5.74) is 4.05. The summed E-state index contributed by atoms with van der Waals surface area (Å²) in [7, 11) is 0. The molecule has 4 heteroatoms. The molecule has 2 aromatic rings. The minimum absolute atomic E-state index is 0.256. The minimum Gasteiger partial charge on any atom is -0.317 e. The SMILES string of the molecule is Cc1nc(-c2cccc(F)c2)nc(C)c1C1CCNCC1. The normalized spacial score (nSPS) is 16.1. The maximum atomic E-state index is 13.4. The first-order valence-electron chi connectivity index (χ1n) is 7.47. The van der Waals surface area contributed by atoms with Gasteiger partial charge in [-0.15, -0.1) is 0 Å². The second-order valence-corrected chi connectivity index (χ2v) is 5.67. The van der Waals surface area contributed by atoms with E-state index >= 15 is 0 Å². The number of nitrogens with zero attached hydrogens (tertiary/aromatic N) is 2. The molecule has 0 atom stereocenters. The van der Waals surface area contributed by atoms with Gasteiger partial charge in [-0.05, 0) is 63.4 Å². The van der Waals surface area contributed by atoms with Crippen LogP contribution in [0.5, 0.6) is 0 Å². The van der Waals surface area contributed by atoms with Crippen molar-refractivity contribution in [1.29, 1.82) is 0 Å². The van der Waals surface area contributed by atoms with E-state index in [0.717, 1.165) is 42.9 Å². The van der Waals surface area contributed by atoms with E-state index in [2.05, 4.69) is 15.3 Å². The lowest BCUT2D eigenvalue weighted by molar-refractivity contribution is 0.455. The molecule has 1 aromatic carbocycles. The van der Waals surface area contributed by atoms with Gasteiger partial charge in [-0.3, -0.25) is 0 Å². The van der Waals surface area contributed by atoms with Crippen molar-refractivity contribution in [3.05, 3.63) is 47.0 Å². The Morgan fingerprint density at radius 1 is 1.10 bits per heavy atom. The lowest BCUT2D eigenvalue weighted by Gasteiger charge is -2.25. The number of aromatic nitrogens is 2. The molecule has 21 heavy (non-hydrogen) atoms. The van der Waals surface area contributed by atoms with Crippen molar-refractivity contribution in [2.24, 2.45) is 0 Å². The lowest BCUT2D eigenvalue weighted by Crippen LogP contribution is -2.27. The zero-order valence-corrected chi connectivity index (χ0v) is 12.5. The van der Waals surface area contributed by atoms with Crippen LogP contribution >= 0.6 is 0 Å². The minimum atomic E-state index is -0.256. The average Bonchev–Trinajstić information content (AvgIpc) is 2.47. The van der Waals surface area contributed by atoms with Crippen LogP contribution in [0.4, 0.5) is 4.39 Å². The summed E-state index contributed by atoms with van der Waals surface area (Å²) in [5, 5.41) is 3.38. The lowest BCUT2D eigenvalue weighted by atomic mass is 9.88. The molecule has 0 spiro atoms. The second kappa shape index (κ2) is 5.90. The first-order chi connectivity index (χ1) is 10.1. The van der Waals surface area contributed by atoms with Gasteiger partial charge in [0.15, 0.2) is 5.82 Å². The molecular formula is C17H20FN3. The van der Waals surface area contributed by atoms with Crippen molar-refractivity contribution >= 4 is 0 Å². The molecule has 0 aliphatic carbocycles. The molecule has 1 aromatic heterocycles. The van der Waals surface area contributed by atoms with Crippen LogP contribution in [-0.2, 0) is 0 Å². The molecule has 1 N–H and O–H groups in total. The number of nitrogens with one attached hydrogen (secondary N) is 1. The Balaban J connectivity index is 1.99. The molecule has 1 fully saturated rings. The Kier molecular flexibility index (Phi) is 3.97. The molecule has 110 valence electrons. The fourth-order valence-corrected chi connectivity index (χ4v) is 3.18. The summed E-state index contributed by atoms with van der Waals surface area (Å²) in [6.45, 7) is 6.17. The van der Waals surface area contributed by atoms with Gasteiger partial charge >= 0.3 is 0 Å². The monoisotopic (exact) mass is 285 g/mol. The van der Waals surface area contributed by atoms with Crippen molar-refractivity contribution in [3.8, 4) is 11.4 Å². The topological polar surface area (TPSA) is 37.8 Å². The number of hydrogen-bond acceptors (Lipinski definition) is 3. The summed E-state index contributed by atoms with van der Waals surface area (Å²) in [6, 6.07) is 6.46. The fraction of sp³-hybridized carbons (Fsp3) is 0.412. The van der Waals surface area contributed by atoms with Gasteiger partial charge in [0.05, 0.1) is 0 Å². The van der Waals surface area contributed by atoms with E-state index in [9.17, 15) is 4.39 Å². The highest BCUT2D eigenvalue weighted by atomic mass is 19.1. The first-order valence-corrected chi connectivity index (χ1v) is 7.47. The highest BCUT2D eigenvalue weighted by molar-refractivity contribution is 5.56. The average molecular weight is 285 g/mol. The van der Waals surface area contributed by atoms with Gasteiger partial charge in [0.25, 0.3) is 0 Å². The third kappa shape index (κ3) is 2.95. The van der Waals surface area contributed by atoms with Crippen molar-refractivity contribution in [1.82, 2.24) is 15.3 Å². The van der Waals surface area contributed by atoms with Crippen LogP contribution in [0.25, 0.3) is 11.4 Å². The molecular weight excluding hydrogens is 265 g/mol. The number of aryl methyl sites for hydroxylation is 2. The van der Waals surface area contributed by atoms with E-state index < -0.39 is 0 Å². The van der Waals surface area contributed by atoms with Gasteiger partial charge in [-0.25, -0.2) is 14.4 Å². The molecule has 3 nitrogen and oxygen atoms in total. The Bertz CT molecular complexity index is 625. The Hall–Kier alpha value is -1.81. The third-order valence-corrected chi connectivity index (χ3v) is 4.16. The van der Waals surface area contributed by atoms with E-state index in [1.54, 1.807) is 6.07 Å². The van der Waals surface area contributed by atoms with Crippen molar-refractivity contribution in [3.63, 3.8) is 0 Å². The number of benzene rings is 1. The maximum Gasteiger partial charge on any atom is 0.159 e. The molecule has 2 heterocycles. The molecule has 1 aliphatic rings. The summed E-state index contributed by atoms with van der Waals surface area (Å²) in [4.78, 5) is 9.24. The van der Waals surface area contributed by atoms with Crippen LogP contribution in [0.1, 0.15) is 35.7 Å². The van der Waals surface area contributed by atoms with E-state index in [4.69, 9.17) is 0 Å². The zero-order chi connectivity index (χ0) is 14.8. The second-order valence-electron chi connectivity index (χ2n) is 5.67. The summed E-state index contributed by atoms with van der Waals surface area (Å²) >= 11 is 0. The van der Waals surface area contributed by atoms with Crippen molar-refractivity contribution < 1.29 is 4.39 Å². The van der Waals surface area contributed by atoms with E-state index in [1.807, 2.05) is 19.9 Å². The Morgan fingerprint density at radius 3 is 2.38 bits per heavy atom. The highest BCUT2D eigenvalue weighted by Crippen LogP contribution is 2.30. The Morgan fingerprint density at radius 2 is 1.76 bits per heavy atom. The van der Waals surface area contributed by atoms with Gasteiger partial charge in [0.1, 0.15) is 5.82 Å². The third-order valence-electron chi connectivity index (χ3n) is 4.16. The quantitative estimate of drug-likeness (QED) is 0.919. The molecule has 1 aliphatic heterocycles. The van der Waals surface area contributed by atoms with Crippen LogP contribution in [0.2, 0.25) is 0 Å². The highest BCUT2D eigenvalue weighted by Gasteiger charge is 2.21. The number of rotatable bonds is 2. The van der Waals surface area contributed by atoms with Crippen LogP contribution < -0.4 is 5.32 Å². The van der Waals surface area contributed by atoms with Gasteiger partial charge in [-0.1, -0.05) is 12.1 Å². The fourth-order valence-electron chi connectivity index (χ4n) is 3.18. The molecule has 3 rings (SSSR count). The molecule has 0 unspecified atom stereocenters. The van der Waals surface area contributed by atoms with Gasteiger partial charge in [0.2, 0.25) is 0 Å². The van der Waals surface area contributed by atoms with Crippen LogP contribution in [0, 0.1) is 19.7 Å². The molecule has 0 bridgehead atoms. The molecule has 0 amide bonds. The molecule has 0 radical (unpaired) electrons. The smallest absolute Gasteiger partial charge is 0.159 e. The van der Waals surface area contributed by atoms with E-state index in [0.29, 0.717) is 11.7 Å². The summed E-state index contributed by atoms with van der Waals surface area (Å²) in [6.07, 6.45) is 2.26. The standard InChI is InChI=1S/C17H20FN3/c1-11-16(13-6-8-19-9-7-13)12(2)21-17(20-11)14-4-3-5-15(18)10-14/h3-5,10,13,19H,6-9H2,1-2H3. The van der Waals surface area contributed by atoms with E-state index in [-0.39, 0.29) is 5.82 Å². The predicted octanol–water partition coefficient (Wildman–Crippen LogP) is 3.37. The van der Waals surface area contributed by atoms with Crippen LogP contribution in [0.15, 0.2) is 24.3 Å². The maximum absolute atomic E-state index is 13.4. The summed E-state index contributed by atoms with van der Waals surface area (Å²) < 4.78 is 13.4. The molecule has 0 saturated carbocycles. The predicted molar refractivity (Wildman–Crippen MR) is 81.7 cm³/mol. The number of hydrogen-bond donors (Lipinski definition) is 1. The van der Waals surface area contributed by atoms with Crippen molar-refractivity contribution in [2.45, 2.75) is 32.6 Å². The van der Waals surface area contributed by atoms with Gasteiger partial charge in [0, 0.05) is 17.0 Å². The Labute approximate surface area is 124 Å². The van der Waals surface area contributed by atoms with Crippen LogP contribution in [0.3, 0.4) is 0 Å². The first kappa shape index (κ1) is 14.1. The number of piperidine rings is 1. The largest absolute Gasteiger partial charge is 0.317 e. The van der Waals surface area contributed by atoms with Crippen LogP contribution in [-0.4, -0.2) is 23.1 Å². The van der Waals surface area contributed by atoms with E-state index in [1.165, 1.54) is 17.7 Å². The number of halogens is 1. The van der Waals surface area contributed by atoms with Gasteiger partial charge < -0.3 is 5.32 Å². The summed E-state index contributed by atoms with van der Waals surface area (Å²) in [5.74, 6) is 0.892.